The Labute approximate surface area is 106 Å². The van der Waals surface area contributed by atoms with Crippen molar-refractivity contribution in [3.05, 3.63) is 17.5 Å². The second-order valence-corrected chi connectivity index (χ2v) is 4.87. The molecule has 1 aliphatic carbocycles. The summed E-state index contributed by atoms with van der Waals surface area (Å²) in [5.74, 6) is 0.961. The predicted octanol–water partition coefficient (Wildman–Crippen LogP) is 3.04. The summed E-state index contributed by atoms with van der Waals surface area (Å²) in [6, 6.07) is 0. The van der Waals surface area contributed by atoms with Gasteiger partial charge in [0.15, 0.2) is 5.82 Å². The van der Waals surface area contributed by atoms with Crippen LogP contribution in [0.1, 0.15) is 38.5 Å². The van der Waals surface area contributed by atoms with Crippen molar-refractivity contribution in [2.75, 3.05) is 5.32 Å². The van der Waals surface area contributed by atoms with Crippen molar-refractivity contribution in [3.8, 4) is 0 Å². The summed E-state index contributed by atoms with van der Waals surface area (Å²) in [7, 11) is 0. The van der Waals surface area contributed by atoms with Gasteiger partial charge >= 0.3 is 0 Å². The topological polar surface area (TPSA) is 54.9 Å². The third-order valence-corrected chi connectivity index (χ3v) is 3.25. The molecule has 5 heteroatoms. The van der Waals surface area contributed by atoms with Crippen LogP contribution in [-0.2, 0) is 4.79 Å². The SMILES string of the molecule is O=C(CC1CCCCC1)Nc1cncc(Cl)n1. The maximum atomic E-state index is 11.8. The monoisotopic (exact) mass is 253 g/mol. The molecule has 0 bridgehead atoms. The molecule has 1 aliphatic rings. The number of aromatic nitrogens is 2. The molecule has 0 aromatic carbocycles. The molecule has 0 saturated heterocycles. The summed E-state index contributed by atoms with van der Waals surface area (Å²) >= 11 is 5.70. The molecule has 1 heterocycles. The number of carbonyl (C=O) groups excluding carboxylic acids is 1. The van der Waals surface area contributed by atoms with Crippen LogP contribution in [0.15, 0.2) is 12.4 Å². The second kappa shape index (κ2) is 5.96. The molecule has 0 aliphatic heterocycles. The van der Waals surface area contributed by atoms with E-state index in [2.05, 4.69) is 15.3 Å². The van der Waals surface area contributed by atoms with E-state index >= 15 is 0 Å². The molecule has 1 aromatic rings. The van der Waals surface area contributed by atoms with Gasteiger partial charge in [-0.25, -0.2) is 4.98 Å². The van der Waals surface area contributed by atoms with Gasteiger partial charge in [0.2, 0.25) is 5.91 Å². The number of hydrogen-bond acceptors (Lipinski definition) is 3. The lowest BCUT2D eigenvalue weighted by molar-refractivity contribution is -0.117. The number of hydrogen-bond donors (Lipinski definition) is 1. The van der Waals surface area contributed by atoms with Crippen LogP contribution >= 0.6 is 11.6 Å². The fraction of sp³-hybridized carbons (Fsp3) is 0.583. The second-order valence-electron chi connectivity index (χ2n) is 4.48. The smallest absolute Gasteiger partial charge is 0.225 e. The number of nitrogens with zero attached hydrogens (tertiary/aromatic N) is 2. The third kappa shape index (κ3) is 3.97. The molecular weight excluding hydrogens is 238 g/mol. The minimum atomic E-state index is 0.00784. The number of amides is 1. The highest BCUT2D eigenvalue weighted by Crippen LogP contribution is 2.26. The van der Waals surface area contributed by atoms with Gasteiger partial charge in [-0.3, -0.25) is 9.78 Å². The first-order valence-corrected chi connectivity index (χ1v) is 6.39. The van der Waals surface area contributed by atoms with Crippen molar-refractivity contribution in [1.29, 1.82) is 0 Å². The van der Waals surface area contributed by atoms with Crippen molar-refractivity contribution in [2.24, 2.45) is 5.92 Å². The molecule has 17 heavy (non-hydrogen) atoms. The number of halogens is 1. The van der Waals surface area contributed by atoms with E-state index in [1.54, 1.807) is 0 Å². The average Bonchev–Trinajstić information content (AvgIpc) is 2.30. The molecule has 4 nitrogen and oxygen atoms in total. The van der Waals surface area contributed by atoms with Gasteiger partial charge in [0, 0.05) is 6.42 Å². The first kappa shape index (κ1) is 12.3. The first-order chi connectivity index (χ1) is 8.24. The van der Waals surface area contributed by atoms with Gasteiger partial charge in [-0.2, -0.15) is 0 Å². The van der Waals surface area contributed by atoms with Crippen molar-refractivity contribution < 1.29 is 4.79 Å². The number of carbonyl (C=O) groups is 1. The molecule has 0 radical (unpaired) electrons. The van der Waals surface area contributed by atoms with Crippen LogP contribution in [0, 0.1) is 5.92 Å². The Kier molecular flexibility index (Phi) is 4.31. The highest BCUT2D eigenvalue weighted by molar-refractivity contribution is 6.29. The summed E-state index contributed by atoms with van der Waals surface area (Å²) in [6.45, 7) is 0. The lowest BCUT2D eigenvalue weighted by atomic mass is 9.87. The zero-order valence-electron chi connectivity index (χ0n) is 9.66. The molecule has 1 N–H and O–H groups in total. The fourth-order valence-corrected chi connectivity index (χ4v) is 2.40. The first-order valence-electron chi connectivity index (χ1n) is 6.01. The van der Waals surface area contributed by atoms with Crippen LogP contribution in [0.5, 0.6) is 0 Å². The van der Waals surface area contributed by atoms with Gasteiger partial charge in [-0.1, -0.05) is 30.9 Å². The van der Waals surface area contributed by atoms with Crippen LogP contribution < -0.4 is 5.32 Å². The van der Waals surface area contributed by atoms with Crippen molar-refractivity contribution in [2.45, 2.75) is 38.5 Å². The van der Waals surface area contributed by atoms with Crippen LogP contribution in [-0.4, -0.2) is 15.9 Å². The number of anilines is 1. The molecule has 0 atom stereocenters. The number of rotatable bonds is 3. The van der Waals surface area contributed by atoms with Gasteiger partial charge < -0.3 is 5.32 Å². The normalized spacial score (nSPS) is 16.8. The van der Waals surface area contributed by atoms with Crippen LogP contribution in [0.3, 0.4) is 0 Å². The Morgan fingerprint density at radius 2 is 2.12 bits per heavy atom. The van der Waals surface area contributed by atoms with Gasteiger partial charge in [0.25, 0.3) is 0 Å². The Morgan fingerprint density at radius 1 is 1.35 bits per heavy atom. The maximum Gasteiger partial charge on any atom is 0.225 e. The minimum Gasteiger partial charge on any atom is -0.309 e. The van der Waals surface area contributed by atoms with Gasteiger partial charge in [0.1, 0.15) is 5.15 Å². The molecule has 0 unspecified atom stereocenters. The van der Waals surface area contributed by atoms with Gasteiger partial charge in [-0.15, -0.1) is 0 Å². The van der Waals surface area contributed by atoms with E-state index in [1.165, 1.54) is 31.7 Å². The van der Waals surface area contributed by atoms with E-state index in [-0.39, 0.29) is 5.91 Å². The Morgan fingerprint density at radius 3 is 2.82 bits per heavy atom. The summed E-state index contributed by atoms with van der Waals surface area (Å²) in [5, 5.41) is 3.03. The fourth-order valence-electron chi connectivity index (χ4n) is 2.25. The lowest BCUT2D eigenvalue weighted by Crippen LogP contribution is -2.18. The van der Waals surface area contributed by atoms with E-state index in [4.69, 9.17) is 11.6 Å². The molecule has 1 fully saturated rings. The zero-order valence-corrected chi connectivity index (χ0v) is 10.4. The molecule has 0 spiro atoms. The summed E-state index contributed by atoms with van der Waals surface area (Å²) in [5.41, 5.74) is 0. The third-order valence-electron chi connectivity index (χ3n) is 3.07. The highest BCUT2D eigenvalue weighted by Gasteiger charge is 2.17. The molecule has 92 valence electrons. The van der Waals surface area contributed by atoms with E-state index < -0.39 is 0 Å². The zero-order chi connectivity index (χ0) is 12.1. The minimum absolute atomic E-state index is 0.00784. The van der Waals surface area contributed by atoms with Crippen LogP contribution in [0.4, 0.5) is 5.82 Å². The lowest BCUT2D eigenvalue weighted by Gasteiger charge is -2.20. The standard InChI is InChI=1S/C12H16ClN3O/c13-10-7-14-8-11(15-10)16-12(17)6-9-4-2-1-3-5-9/h7-9H,1-6H2,(H,15,16,17). The van der Waals surface area contributed by atoms with Crippen molar-refractivity contribution in [3.63, 3.8) is 0 Å². The highest BCUT2D eigenvalue weighted by atomic mass is 35.5. The average molecular weight is 254 g/mol. The molecule has 1 saturated carbocycles. The van der Waals surface area contributed by atoms with Gasteiger partial charge in [-0.05, 0) is 18.8 Å². The molecule has 2 rings (SSSR count). The largest absolute Gasteiger partial charge is 0.309 e. The van der Waals surface area contributed by atoms with E-state index in [1.807, 2.05) is 0 Å². The van der Waals surface area contributed by atoms with Crippen molar-refractivity contribution >= 4 is 23.3 Å². The van der Waals surface area contributed by atoms with Crippen molar-refractivity contribution in [1.82, 2.24) is 9.97 Å². The molecular formula is C12H16ClN3O. The Hall–Kier alpha value is -1.16. The quantitative estimate of drug-likeness (QED) is 0.901. The van der Waals surface area contributed by atoms with Crippen LogP contribution in [0.25, 0.3) is 0 Å². The maximum absolute atomic E-state index is 11.8. The van der Waals surface area contributed by atoms with E-state index in [9.17, 15) is 4.79 Å². The van der Waals surface area contributed by atoms with Gasteiger partial charge in [0.05, 0.1) is 12.4 Å². The van der Waals surface area contributed by atoms with E-state index in [0.29, 0.717) is 23.3 Å². The molecule has 1 amide bonds. The summed E-state index contributed by atoms with van der Waals surface area (Å²) in [6.07, 6.45) is 9.64. The summed E-state index contributed by atoms with van der Waals surface area (Å²) in [4.78, 5) is 19.6. The summed E-state index contributed by atoms with van der Waals surface area (Å²) < 4.78 is 0. The van der Waals surface area contributed by atoms with Crippen LogP contribution in [0.2, 0.25) is 5.15 Å². The Bertz CT molecular complexity index is 391. The number of nitrogens with one attached hydrogen (secondary N) is 1. The predicted molar refractivity (Wildman–Crippen MR) is 66.9 cm³/mol. The Balaban J connectivity index is 1.84. The van der Waals surface area contributed by atoms with E-state index in [0.717, 1.165) is 12.8 Å². The molecule has 1 aromatic heterocycles.